The Labute approximate surface area is 99.1 Å². The van der Waals surface area contributed by atoms with E-state index in [4.69, 9.17) is 0 Å². The van der Waals surface area contributed by atoms with E-state index in [1.807, 2.05) is 33.8 Å². The minimum Gasteiger partial charge on any atom is -0.338 e. The van der Waals surface area contributed by atoms with Gasteiger partial charge in [0.15, 0.2) is 0 Å². The number of hydrogen-bond donors (Lipinski definition) is 1. The monoisotopic (exact) mass is 224 g/mol. The van der Waals surface area contributed by atoms with Crippen LogP contribution < -0.4 is 10.2 Å². The van der Waals surface area contributed by atoms with Gasteiger partial charge in [0.1, 0.15) is 0 Å². The number of rotatable bonds is 1. The Morgan fingerprint density at radius 2 is 1.50 bits per heavy atom. The number of aromatic nitrogens is 2. The van der Waals surface area contributed by atoms with Gasteiger partial charge in [0.05, 0.1) is 0 Å². The summed E-state index contributed by atoms with van der Waals surface area (Å²) in [5.41, 5.74) is 0. The molecule has 0 spiro atoms. The molecule has 4 heteroatoms. The molecule has 0 aromatic carbocycles. The summed E-state index contributed by atoms with van der Waals surface area (Å²) in [6.45, 7) is 12.1. The molecule has 2 heterocycles. The maximum absolute atomic E-state index is 4.19. The lowest BCUT2D eigenvalue weighted by Gasteiger charge is -2.26. The highest BCUT2D eigenvalue weighted by atomic mass is 15.3. The molecule has 1 aromatic rings. The molecule has 0 radical (unpaired) electrons. The Morgan fingerprint density at radius 1 is 1.00 bits per heavy atom. The van der Waals surface area contributed by atoms with Gasteiger partial charge in [0.25, 0.3) is 0 Å². The minimum atomic E-state index is 0.846. The number of nitrogens with one attached hydrogen (secondary N) is 1. The summed E-state index contributed by atoms with van der Waals surface area (Å²) in [6, 6.07) is 1.84. The van der Waals surface area contributed by atoms with Crippen molar-refractivity contribution in [1.29, 1.82) is 0 Å². The lowest BCUT2D eigenvalue weighted by atomic mass is 10.4. The molecule has 2 rings (SSSR count). The van der Waals surface area contributed by atoms with Crippen LogP contribution in [0.25, 0.3) is 0 Å². The molecule has 16 heavy (non-hydrogen) atoms. The van der Waals surface area contributed by atoms with E-state index in [1.54, 1.807) is 12.4 Å². The van der Waals surface area contributed by atoms with Gasteiger partial charge in [-0.1, -0.05) is 27.7 Å². The third-order valence-electron chi connectivity index (χ3n) is 1.95. The Balaban J connectivity index is 0.000000509. The van der Waals surface area contributed by atoms with Crippen LogP contribution >= 0.6 is 0 Å². The van der Waals surface area contributed by atoms with Crippen LogP contribution in [0.15, 0.2) is 18.5 Å². The van der Waals surface area contributed by atoms with E-state index in [0.29, 0.717) is 0 Å². The van der Waals surface area contributed by atoms with Gasteiger partial charge in [-0.2, -0.15) is 0 Å². The summed E-state index contributed by atoms with van der Waals surface area (Å²) in [5, 5.41) is 3.29. The summed E-state index contributed by atoms with van der Waals surface area (Å²) in [5.74, 6) is 0.846. The predicted molar refractivity (Wildman–Crippen MR) is 69.8 cm³/mol. The fourth-order valence-electron chi connectivity index (χ4n) is 1.32. The molecule has 4 nitrogen and oxygen atoms in total. The highest BCUT2D eigenvalue weighted by molar-refractivity contribution is 5.28. The van der Waals surface area contributed by atoms with Gasteiger partial charge in [0.2, 0.25) is 5.95 Å². The Hall–Kier alpha value is -1.16. The lowest BCUT2D eigenvalue weighted by molar-refractivity contribution is 0.580. The van der Waals surface area contributed by atoms with Crippen molar-refractivity contribution in [2.24, 2.45) is 0 Å². The molecule has 0 atom stereocenters. The molecule has 0 saturated carbocycles. The number of piperazine rings is 1. The van der Waals surface area contributed by atoms with Crippen LogP contribution in [0.2, 0.25) is 0 Å². The van der Waals surface area contributed by atoms with E-state index in [1.165, 1.54) is 0 Å². The maximum atomic E-state index is 4.19. The minimum absolute atomic E-state index is 0.846. The molecule has 1 aliphatic heterocycles. The Morgan fingerprint density at radius 3 is 2.00 bits per heavy atom. The normalized spacial score (nSPS) is 14.1. The van der Waals surface area contributed by atoms with Crippen LogP contribution in [0, 0.1) is 0 Å². The number of nitrogens with zero attached hydrogens (tertiary/aromatic N) is 3. The van der Waals surface area contributed by atoms with Crippen molar-refractivity contribution in [2.75, 3.05) is 31.1 Å². The number of hydrogen-bond acceptors (Lipinski definition) is 4. The first kappa shape index (κ1) is 14.8. The molecule has 1 aromatic heterocycles. The van der Waals surface area contributed by atoms with Crippen LogP contribution in [-0.2, 0) is 0 Å². The molecule has 92 valence electrons. The van der Waals surface area contributed by atoms with Gasteiger partial charge in [-0.15, -0.1) is 0 Å². The fourth-order valence-corrected chi connectivity index (χ4v) is 1.32. The molecule has 0 aliphatic carbocycles. The van der Waals surface area contributed by atoms with E-state index in [0.717, 1.165) is 32.1 Å². The largest absolute Gasteiger partial charge is 0.338 e. The average molecular weight is 224 g/mol. The van der Waals surface area contributed by atoms with Gasteiger partial charge in [0, 0.05) is 38.6 Å². The zero-order valence-corrected chi connectivity index (χ0v) is 10.9. The molecule has 1 aliphatic rings. The Bertz CT molecular complexity index is 232. The van der Waals surface area contributed by atoms with Crippen molar-refractivity contribution in [1.82, 2.24) is 15.3 Å². The summed E-state index contributed by atoms with van der Waals surface area (Å²) in [7, 11) is 0. The third kappa shape index (κ3) is 5.07. The smallest absolute Gasteiger partial charge is 0.225 e. The van der Waals surface area contributed by atoms with Gasteiger partial charge in [-0.3, -0.25) is 0 Å². The fraction of sp³-hybridized carbons (Fsp3) is 0.667. The Kier molecular flexibility index (Phi) is 9.61. The predicted octanol–water partition coefficient (Wildman–Crippen LogP) is 1.94. The molecule has 1 fully saturated rings. The second-order valence-corrected chi connectivity index (χ2v) is 2.79. The van der Waals surface area contributed by atoms with Gasteiger partial charge in [-0.25, -0.2) is 9.97 Å². The van der Waals surface area contributed by atoms with Gasteiger partial charge in [-0.05, 0) is 6.07 Å². The second-order valence-electron chi connectivity index (χ2n) is 2.79. The van der Waals surface area contributed by atoms with E-state index < -0.39 is 0 Å². The molecule has 1 N–H and O–H groups in total. The summed E-state index contributed by atoms with van der Waals surface area (Å²) in [4.78, 5) is 10.6. The lowest BCUT2D eigenvalue weighted by Crippen LogP contribution is -2.44. The van der Waals surface area contributed by atoms with E-state index in [2.05, 4.69) is 20.2 Å². The zero-order valence-electron chi connectivity index (χ0n) is 10.9. The van der Waals surface area contributed by atoms with E-state index in [-0.39, 0.29) is 0 Å². The summed E-state index contributed by atoms with van der Waals surface area (Å²) >= 11 is 0. The first-order valence-corrected chi connectivity index (χ1v) is 6.19. The van der Waals surface area contributed by atoms with Crippen molar-refractivity contribution in [3.05, 3.63) is 18.5 Å². The van der Waals surface area contributed by atoms with Crippen molar-refractivity contribution < 1.29 is 0 Å². The van der Waals surface area contributed by atoms with Crippen LogP contribution in [0.1, 0.15) is 27.7 Å². The van der Waals surface area contributed by atoms with Crippen LogP contribution in [-0.4, -0.2) is 36.1 Å². The first-order chi connectivity index (χ1) is 7.97. The SMILES string of the molecule is CC.CC.c1cnc(N2CCNCC2)nc1. The van der Waals surface area contributed by atoms with E-state index >= 15 is 0 Å². The van der Waals surface area contributed by atoms with Gasteiger partial charge < -0.3 is 10.2 Å². The van der Waals surface area contributed by atoms with Crippen LogP contribution in [0.4, 0.5) is 5.95 Å². The molecular formula is C12H24N4. The maximum Gasteiger partial charge on any atom is 0.225 e. The highest BCUT2D eigenvalue weighted by Crippen LogP contribution is 2.04. The van der Waals surface area contributed by atoms with Crippen molar-refractivity contribution in [3.8, 4) is 0 Å². The molecule has 0 unspecified atom stereocenters. The molecule has 0 bridgehead atoms. The molecule has 0 amide bonds. The second kappa shape index (κ2) is 10.4. The van der Waals surface area contributed by atoms with Crippen LogP contribution in [0.3, 0.4) is 0 Å². The highest BCUT2D eigenvalue weighted by Gasteiger charge is 2.11. The van der Waals surface area contributed by atoms with Crippen molar-refractivity contribution >= 4 is 5.95 Å². The standard InChI is InChI=1S/C8H12N4.2C2H6/c1-2-10-8(11-3-1)12-6-4-9-5-7-12;2*1-2/h1-3,9H,4-7H2;2*1-2H3. The topological polar surface area (TPSA) is 41.1 Å². The van der Waals surface area contributed by atoms with E-state index in [9.17, 15) is 0 Å². The summed E-state index contributed by atoms with van der Waals surface area (Å²) in [6.07, 6.45) is 3.56. The average Bonchev–Trinajstić information content (AvgIpc) is 2.45. The molecule has 1 saturated heterocycles. The van der Waals surface area contributed by atoms with Crippen molar-refractivity contribution in [3.63, 3.8) is 0 Å². The molecular weight excluding hydrogens is 200 g/mol. The third-order valence-corrected chi connectivity index (χ3v) is 1.95. The number of anilines is 1. The first-order valence-electron chi connectivity index (χ1n) is 6.19. The quantitative estimate of drug-likeness (QED) is 0.791. The summed E-state index contributed by atoms with van der Waals surface area (Å²) < 4.78 is 0. The zero-order chi connectivity index (χ0) is 12.2. The van der Waals surface area contributed by atoms with Crippen LogP contribution in [0.5, 0.6) is 0 Å². The van der Waals surface area contributed by atoms with Crippen molar-refractivity contribution in [2.45, 2.75) is 27.7 Å². The van der Waals surface area contributed by atoms with Gasteiger partial charge >= 0.3 is 0 Å².